The fourth-order valence-electron chi connectivity index (χ4n) is 1.62. The van der Waals surface area contributed by atoms with Gasteiger partial charge < -0.3 is 11.1 Å². The first-order valence-electron chi connectivity index (χ1n) is 5.53. The molecule has 0 spiro atoms. The number of halogens is 2. The van der Waals surface area contributed by atoms with Crippen molar-refractivity contribution >= 4 is 33.0 Å². The normalized spacial score (nSPS) is 10.0. The molecule has 0 fully saturated rings. The molecule has 96 valence electrons. The maximum Gasteiger partial charge on any atom is 0.147 e. The first kappa shape index (κ1) is 13.4. The minimum atomic E-state index is -0.472. The van der Waals surface area contributed by atoms with Crippen molar-refractivity contribution in [1.82, 2.24) is 0 Å². The average molecular weight is 320 g/mol. The van der Waals surface area contributed by atoms with Crippen molar-refractivity contribution in [2.24, 2.45) is 0 Å². The van der Waals surface area contributed by atoms with Gasteiger partial charge in [-0.1, -0.05) is 0 Å². The molecule has 19 heavy (non-hydrogen) atoms. The van der Waals surface area contributed by atoms with Crippen LogP contribution in [0.5, 0.6) is 0 Å². The minimum absolute atomic E-state index is 0.288. The van der Waals surface area contributed by atoms with Gasteiger partial charge in [-0.15, -0.1) is 0 Å². The van der Waals surface area contributed by atoms with Crippen LogP contribution in [0.1, 0.15) is 11.1 Å². The van der Waals surface area contributed by atoms with E-state index in [1.807, 2.05) is 19.1 Å². The molecule has 3 N–H and O–H groups in total. The quantitative estimate of drug-likeness (QED) is 0.819. The number of nitrogens with two attached hydrogens (primary N) is 1. The molecular formula is C14H11BrFN3. The molecule has 3 nitrogen and oxygen atoms in total. The highest BCUT2D eigenvalue weighted by Gasteiger charge is 2.08. The van der Waals surface area contributed by atoms with E-state index in [-0.39, 0.29) is 5.56 Å². The fourth-order valence-corrected chi connectivity index (χ4v) is 2.08. The molecule has 0 aliphatic rings. The lowest BCUT2D eigenvalue weighted by Gasteiger charge is -2.12. The van der Waals surface area contributed by atoms with E-state index in [4.69, 9.17) is 11.0 Å². The third-order valence-electron chi connectivity index (χ3n) is 2.72. The van der Waals surface area contributed by atoms with Crippen LogP contribution in [0.2, 0.25) is 0 Å². The molecule has 0 radical (unpaired) electrons. The van der Waals surface area contributed by atoms with Gasteiger partial charge in [-0.05, 0) is 58.7 Å². The summed E-state index contributed by atoms with van der Waals surface area (Å²) in [5.41, 5.74) is 8.66. The summed E-state index contributed by atoms with van der Waals surface area (Å²) in [5.74, 6) is -0.472. The van der Waals surface area contributed by atoms with Crippen molar-refractivity contribution in [3.63, 3.8) is 0 Å². The third kappa shape index (κ3) is 2.85. The van der Waals surface area contributed by atoms with Crippen LogP contribution in [0.4, 0.5) is 21.5 Å². The first-order valence-corrected chi connectivity index (χ1v) is 6.33. The van der Waals surface area contributed by atoms with Crippen LogP contribution in [-0.4, -0.2) is 0 Å². The lowest BCUT2D eigenvalue weighted by molar-refractivity contribution is 0.631. The predicted octanol–water partition coefficient (Wildman–Crippen LogP) is 4.09. The van der Waals surface area contributed by atoms with Crippen LogP contribution < -0.4 is 11.1 Å². The van der Waals surface area contributed by atoms with Gasteiger partial charge in [0.15, 0.2) is 0 Å². The molecule has 0 atom stereocenters. The Morgan fingerprint density at radius 1 is 1.26 bits per heavy atom. The van der Waals surface area contributed by atoms with Gasteiger partial charge in [-0.25, -0.2) is 4.39 Å². The van der Waals surface area contributed by atoms with Crippen molar-refractivity contribution in [2.75, 3.05) is 11.1 Å². The average Bonchev–Trinajstić information content (AvgIpc) is 2.38. The molecule has 0 amide bonds. The standard InChI is InChI=1S/C14H11BrFN3/c1-8-4-14(10(15)6-12(8)18)19-13-3-2-9(7-17)5-11(13)16/h2-6,19H,18H2,1H3. The van der Waals surface area contributed by atoms with Gasteiger partial charge in [-0.3, -0.25) is 0 Å². The Balaban J connectivity index is 2.37. The van der Waals surface area contributed by atoms with Crippen molar-refractivity contribution in [2.45, 2.75) is 6.92 Å². The zero-order valence-corrected chi connectivity index (χ0v) is 11.8. The molecule has 5 heteroatoms. The number of nitrogens with zero attached hydrogens (tertiary/aromatic N) is 1. The van der Waals surface area contributed by atoms with Crippen LogP contribution in [0.25, 0.3) is 0 Å². The Morgan fingerprint density at radius 3 is 2.63 bits per heavy atom. The molecule has 0 heterocycles. The third-order valence-corrected chi connectivity index (χ3v) is 3.38. The second-order valence-electron chi connectivity index (χ2n) is 4.12. The van der Waals surface area contributed by atoms with E-state index in [0.717, 1.165) is 15.7 Å². The molecule has 0 aliphatic heterocycles. The fraction of sp³-hybridized carbons (Fsp3) is 0.0714. The zero-order valence-electron chi connectivity index (χ0n) is 10.2. The largest absolute Gasteiger partial charge is 0.398 e. The van der Waals surface area contributed by atoms with Crippen molar-refractivity contribution in [1.29, 1.82) is 5.26 Å². The highest BCUT2D eigenvalue weighted by atomic mass is 79.9. The summed E-state index contributed by atoms with van der Waals surface area (Å²) in [6.45, 7) is 1.88. The SMILES string of the molecule is Cc1cc(Nc2ccc(C#N)cc2F)c(Br)cc1N. The van der Waals surface area contributed by atoms with Crippen LogP contribution in [0.15, 0.2) is 34.8 Å². The summed E-state index contributed by atoms with van der Waals surface area (Å²) in [6.07, 6.45) is 0. The van der Waals surface area contributed by atoms with E-state index >= 15 is 0 Å². The van der Waals surface area contributed by atoms with Crippen molar-refractivity contribution in [3.8, 4) is 6.07 Å². The highest BCUT2D eigenvalue weighted by molar-refractivity contribution is 9.10. The molecule has 0 saturated carbocycles. The number of hydrogen-bond acceptors (Lipinski definition) is 3. The van der Waals surface area contributed by atoms with E-state index in [1.165, 1.54) is 12.1 Å². The number of aryl methyl sites for hydroxylation is 1. The van der Waals surface area contributed by atoms with Gasteiger partial charge in [0.25, 0.3) is 0 Å². The number of hydrogen-bond donors (Lipinski definition) is 2. The molecular weight excluding hydrogens is 309 g/mol. The van der Waals surface area contributed by atoms with Gasteiger partial charge in [-0.2, -0.15) is 5.26 Å². The summed E-state index contributed by atoms with van der Waals surface area (Å²) in [6, 6.07) is 9.77. The predicted molar refractivity (Wildman–Crippen MR) is 77.7 cm³/mol. The Morgan fingerprint density at radius 2 is 2.00 bits per heavy atom. The lowest BCUT2D eigenvalue weighted by Crippen LogP contribution is -1.98. The number of nitrogen functional groups attached to an aromatic ring is 1. The van der Waals surface area contributed by atoms with E-state index in [2.05, 4.69) is 21.2 Å². The molecule has 2 aromatic rings. The maximum absolute atomic E-state index is 13.8. The van der Waals surface area contributed by atoms with Gasteiger partial charge in [0.05, 0.1) is 23.0 Å². The van der Waals surface area contributed by atoms with E-state index in [0.29, 0.717) is 11.4 Å². The Labute approximate surface area is 119 Å². The Bertz CT molecular complexity index is 677. The first-order chi connectivity index (χ1) is 9.01. The number of nitriles is 1. The maximum atomic E-state index is 13.8. The second kappa shape index (κ2) is 5.29. The Hall–Kier alpha value is -2.06. The second-order valence-corrected chi connectivity index (χ2v) is 4.97. The van der Waals surface area contributed by atoms with Gasteiger partial charge in [0.1, 0.15) is 5.82 Å². The summed E-state index contributed by atoms with van der Waals surface area (Å²) in [5, 5.41) is 11.7. The number of benzene rings is 2. The van der Waals surface area contributed by atoms with E-state index < -0.39 is 5.82 Å². The van der Waals surface area contributed by atoms with Gasteiger partial charge in [0.2, 0.25) is 0 Å². The van der Waals surface area contributed by atoms with E-state index in [9.17, 15) is 4.39 Å². The smallest absolute Gasteiger partial charge is 0.147 e. The monoisotopic (exact) mass is 319 g/mol. The number of rotatable bonds is 2. The number of anilines is 3. The highest BCUT2D eigenvalue weighted by Crippen LogP contribution is 2.31. The van der Waals surface area contributed by atoms with Crippen molar-refractivity contribution < 1.29 is 4.39 Å². The van der Waals surface area contributed by atoms with E-state index in [1.54, 1.807) is 12.1 Å². The summed E-state index contributed by atoms with van der Waals surface area (Å²) in [4.78, 5) is 0. The van der Waals surface area contributed by atoms with Gasteiger partial charge >= 0.3 is 0 Å². The number of nitrogens with one attached hydrogen (secondary N) is 1. The molecule has 0 unspecified atom stereocenters. The van der Waals surface area contributed by atoms with Crippen LogP contribution in [0.3, 0.4) is 0 Å². The lowest BCUT2D eigenvalue weighted by atomic mass is 10.1. The van der Waals surface area contributed by atoms with Crippen LogP contribution in [-0.2, 0) is 0 Å². The summed E-state index contributed by atoms with van der Waals surface area (Å²) >= 11 is 3.37. The van der Waals surface area contributed by atoms with Gasteiger partial charge in [0, 0.05) is 10.2 Å². The zero-order chi connectivity index (χ0) is 14.0. The molecule has 0 saturated heterocycles. The molecule has 2 aromatic carbocycles. The summed E-state index contributed by atoms with van der Waals surface area (Å²) < 4.78 is 14.5. The minimum Gasteiger partial charge on any atom is -0.398 e. The molecule has 2 rings (SSSR count). The van der Waals surface area contributed by atoms with Crippen LogP contribution >= 0.6 is 15.9 Å². The van der Waals surface area contributed by atoms with Crippen LogP contribution in [0, 0.1) is 24.1 Å². The molecule has 0 aliphatic carbocycles. The summed E-state index contributed by atoms with van der Waals surface area (Å²) in [7, 11) is 0. The molecule has 0 bridgehead atoms. The topological polar surface area (TPSA) is 61.8 Å². The van der Waals surface area contributed by atoms with Crippen molar-refractivity contribution in [3.05, 3.63) is 51.7 Å². The molecule has 0 aromatic heterocycles. The Kier molecular flexibility index (Phi) is 3.72.